The van der Waals surface area contributed by atoms with Gasteiger partial charge in [-0.05, 0) is 44.5 Å². The van der Waals surface area contributed by atoms with Crippen molar-refractivity contribution in [3.8, 4) is 0 Å². The van der Waals surface area contributed by atoms with E-state index in [0.717, 1.165) is 32.8 Å². The van der Waals surface area contributed by atoms with Crippen LogP contribution in [0.25, 0.3) is 0 Å². The summed E-state index contributed by atoms with van der Waals surface area (Å²) < 4.78 is 5.31. The molecule has 1 fully saturated rings. The van der Waals surface area contributed by atoms with Crippen molar-refractivity contribution < 1.29 is 4.74 Å². The van der Waals surface area contributed by atoms with Gasteiger partial charge in [-0.2, -0.15) is 11.8 Å². The smallest absolute Gasteiger partial charge is 0.0594 e. The zero-order valence-corrected chi connectivity index (χ0v) is 10.7. The number of hydrogen-bond donors (Lipinski definition) is 1. The number of thioether (sulfide) groups is 1. The van der Waals surface area contributed by atoms with Gasteiger partial charge in [0.05, 0.1) is 13.2 Å². The van der Waals surface area contributed by atoms with Crippen molar-refractivity contribution in [2.24, 2.45) is 0 Å². The fourth-order valence-electron chi connectivity index (χ4n) is 1.72. The highest BCUT2D eigenvalue weighted by Gasteiger charge is 2.08. The molecule has 3 nitrogen and oxygen atoms in total. The second-order valence-electron chi connectivity index (χ2n) is 3.90. The van der Waals surface area contributed by atoms with Crippen LogP contribution in [0, 0.1) is 0 Å². The summed E-state index contributed by atoms with van der Waals surface area (Å²) in [6, 6.07) is 0. The van der Waals surface area contributed by atoms with E-state index in [9.17, 15) is 0 Å². The fourth-order valence-corrected chi connectivity index (χ4v) is 2.15. The molecule has 0 aromatic carbocycles. The largest absolute Gasteiger partial charge is 0.379 e. The molecule has 1 N–H and O–H groups in total. The van der Waals surface area contributed by atoms with Crippen molar-refractivity contribution in [3.05, 3.63) is 0 Å². The van der Waals surface area contributed by atoms with E-state index in [4.69, 9.17) is 4.74 Å². The molecule has 0 radical (unpaired) electrons. The molecule has 15 heavy (non-hydrogen) atoms. The molecule has 1 heterocycles. The molecule has 0 unspecified atom stereocenters. The Morgan fingerprint density at radius 3 is 2.67 bits per heavy atom. The molecule has 1 aliphatic heterocycles. The fraction of sp³-hybridized carbons (Fsp3) is 1.00. The van der Waals surface area contributed by atoms with Crippen molar-refractivity contribution >= 4 is 11.8 Å². The summed E-state index contributed by atoms with van der Waals surface area (Å²) in [5.41, 5.74) is 0. The van der Waals surface area contributed by atoms with Gasteiger partial charge in [-0.1, -0.05) is 0 Å². The van der Waals surface area contributed by atoms with Gasteiger partial charge in [0, 0.05) is 13.1 Å². The summed E-state index contributed by atoms with van der Waals surface area (Å²) >= 11 is 1.93. The van der Waals surface area contributed by atoms with Crippen LogP contribution < -0.4 is 5.32 Å². The van der Waals surface area contributed by atoms with Crippen LogP contribution in [0.1, 0.15) is 12.8 Å². The summed E-state index contributed by atoms with van der Waals surface area (Å²) in [5, 5.41) is 3.49. The molecule has 0 spiro atoms. The second-order valence-corrected chi connectivity index (χ2v) is 4.89. The molecule has 0 aromatic rings. The van der Waals surface area contributed by atoms with E-state index in [1.165, 1.54) is 31.7 Å². The summed E-state index contributed by atoms with van der Waals surface area (Å²) in [6.07, 6.45) is 4.72. The van der Waals surface area contributed by atoms with Crippen LogP contribution in [0.2, 0.25) is 0 Å². The van der Waals surface area contributed by atoms with Gasteiger partial charge < -0.3 is 10.1 Å². The predicted molar refractivity (Wildman–Crippen MR) is 67.7 cm³/mol. The van der Waals surface area contributed by atoms with Gasteiger partial charge >= 0.3 is 0 Å². The number of ether oxygens (including phenoxy) is 1. The molecule has 0 amide bonds. The average molecular weight is 232 g/mol. The maximum Gasteiger partial charge on any atom is 0.0594 e. The van der Waals surface area contributed by atoms with Crippen LogP contribution in [0.5, 0.6) is 0 Å². The molecular formula is C11H24N2OS. The summed E-state index contributed by atoms with van der Waals surface area (Å²) in [7, 11) is 0. The Morgan fingerprint density at radius 1 is 1.20 bits per heavy atom. The Bertz CT molecular complexity index is 141. The number of nitrogens with zero attached hydrogens (tertiary/aromatic N) is 1. The Kier molecular flexibility index (Phi) is 8.38. The van der Waals surface area contributed by atoms with Crippen molar-refractivity contribution in [2.45, 2.75) is 12.8 Å². The van der Waals surface area contributed by atoms with E-state index in [-0.39, 0.29) is 0 Å². The molecule has 0 atom stereocenters. The third kappa shape index (κ3) is 7.17. The molecule has 0 aliphatic carbocycles. The summed E-state index contributed by atoms with van der Waals surface area (Å²) in [5.74, 6) is 1.27. The minimum atomic E-state index is 0.918. The van der Waals surface area contributed by atoms with Crippen LogP contribution in [-0.2, 0) is 4.74 Å². The monoisotopic (exact) mass is 232 g/mol. The minimum absolute atomic E-state index is 0.918. The lowest BCUT2D eigenvalue weighted by Gasteiger charge is -2.26. The number of rotatable bonds is 8. The first-order chi connectivity index (χ1) is 7.43. The van der Waals surface area contributed by atoms with Gasteiger partial charge in [0.1, 0.15) is 0 Å². The number of nitrogens with one attached hydrogen (secondary N) is 1. The third-order valence-electron chi connectivity index (χ3n) is 2.63. The van der Waals surface area contributed by atoms with Gasteiger partial charge in [0.2, 0.25) is 0 Å². The van der Waals surface area contributed by atoms with E-state index in [1.54, 1.807) is 0 Å². The maximum absolute atomic E-state index is 5.31. The lowest BCUT2D eigenvalue weighted by atomic mass is 10.3. The van der Waals surface area contributed by atoms with Crippen molar-refractivity contribution in [3.63, 3.8) is 0 Å². The Morgan fingerprint density at radius 2 is 1.93 bits per heavy atom. The van der Waals surface area contributed by atoms with Crippen LogP contribution in [-0.4, -0.2) is 62.8 Å². The highest BCUT2D eigenvalue weighted by atomic mass is 32.2. The van der Waals surface area contributed by atoms with E-state index < -0.39 is 0 Å². The first-order valence-electron chi connectivity index (χ1n) is 5.93. The summed E-state index contributed by atoms with van der Waals surface area (Å²) in [6.45, 7) is 7.62. The molecule has 0 saturated carbocycles. The molecule has 1 saturated heterocycles. The maximum atomic E-state index is 5.31. The Balaban J connectivity index is 1.79. The van der Waals surface area contributed by atoms with Gasteiger partial charge in [-0.3, -0.25) is 4.90 Å². The molecule has 4 heteroatoms. The van der Waals surface area contributed by atoms with E-state index in [2.05, 4.69) is 16.5 Å². The first-order valence-corrected chi connectivity index (χ1v) is 7.32. The Labute approximate surface area is 97.9 Å². The standard InChI is InChI=1S/C11H24N2OS/c1-15-11-3-5-12-4-2-6-13-7-9-14-10-8-13/h12H,2-11H2,1H3. The van der Waals surface area contributed by atoms with Crippen LogP contribution in [0.3, 0.4) is 0 Å². The van der Waals surface area contributed by atoms with Crippen molar-refractivity contribution in [2.75, 3.05) is 57.9 Å². The highest BCUT2D eigenvalue weighted by molar-refractivity contribution is 7.98. The van der Waals surface area contributed by atoms with Crippen LogP contribution in [0.4, 0.5) is 0 Å². The lowest BCUT2D eigenvalue weighted by molar-refractivity contribution is 0.0375. The van der Waals surface area contributed by atoms with E-state index in [0.29, 0.717) is 0 Å². The van der Waals surface area contributed by atoms with Gasteiger partial charge in [-0.15, -0.1) is 0 Å². The number of hydrogen-bond acceptors (Lipinski definition) is 4. The first kappa shape index (κ1) is 13.3. The highest BCUT2D eigenvalue weighted by Crippen LogP contribution is 1.97. The predicted octanol–water partition coefficient (Wildman–Crippen LogP) is 1.05. The van der Waals surface area contributed by atoms with E-state index >= 15 is 0 Å². The topological polar surface area (TPSA) is 24.5 Å². The zero-order chi connectivity index (χ0) is 10.8. The van der Waals surface area contributed by atoms with E-state index in [1.807, 2.05) is 11.8 Å². The molecule has 90 valence electrons. The van der Waals surface area contributed by atoms with Crippen molar-refractivity contribution in [1.82, 2.24) is 10.2 Å². The Hall–Kier alpha value is 0.230. The van der Waals surface area contributed by atoms with Gasteiger partial charge in [0.25, 0.3) is 0 Å². The van der Waals surface area contributed by atoms with Gasteiger partial charge in [0.15, 0.2) is 0 Å². The van der Waals surface area contributed by atoms with Crippen LogP contribution >= 0.6 is 11.8 Å². The molecule has 0 aromatic heterocycles. The third-order valence-corrected chi connectivity index (χ3v) is 3.33. The molecular weight excluding hydrogens is 208 g/mol. The SMILES string of the molecule is CSCCCNCCCN1CCOCC1. The van der Waals surface area contributed by atoms with Crippen molar-refractivity contribution in [1.29, 1.82) is 0 Å². The van der Waals surface area contributed by atoms with Crippen LogP contribution in [0.15, 0.2) is 0 Å². The minimum Gasteiger partial charge on any atom is -0.379 e. The number of morpholine rings is 1. The zero-order valence-electron chi connectivity index (χ0n) is 9.83. The lowest BCUT2D eigenvalue weighted by Crippen LogP contribution is -2.37. The average Bonchev–Trinajstić information content (AvgIpc) is 2.29. The summed E-state index contributed by atoms with van der Waals surface area (Å²) in [4.78, 5) is 2.49. The van der Waals surface area contributed by atoms with Gasteiger partial charge in [-0.25, -0.2) is 0 Å². The molecule has 1 aliphatic rings. The second kappa shape index (κ2) is 9.46. The quantitative estimate of drug-likeness (QED) is 0.632. The molecule has 0 bridgehead atoms. The normalized spacial score (nSPS) is 18.2. The molecule has 1 rings (SSSR count).